The zero-order valence-electron chi connectivity index (χ0n) is 11.7. The van der Waals surface area contributed by atoms with Gasteiger partial charge in [0.2, 0.25) is 0 Å². The first-order valence-corrected chi connectivity index (χ1v) is 7.80. The van der Waals surface area contributed by atoms with Crippen LogP contribution in [0.25, 0.3) is 0 Å². The predicted octanol–water partition coefficient (Wildman–Crippen LogP) is 2.78. The fraction of sp³-hybridized carbons (Fsp3) is 0.538. The lowest BCUT2D eigenvalue weighted by Gasteiger charge is -2.17. The van der Waals surface area contributed by atoms with E-state index in [0.29, 0.717) is 5.56 Å². The largest absolute Gasteiger partial charge is 0.377 e. The molecule has 2 N–H and O–H groups in total. The normalized spacial score (nSPS) is 15.3. The Morgan fingerprint density at radius 1 is 1.05 bits per heavy atom. The van der Waals surface area contributed by atoms with Crippen LogP contribution in [0.1, 0.15) is 42.7 Å². The number of methoxy groups -OCH3 is 2. The first-order valence-electron chi connectivity index (χ1n) is 6.00. The van der Waals surface area contributed by atoms with E-state index in [0.717, 1.165) is 11.1 Å². The van der Waals surface area contributed by atoms with Crippen molar-refractivity contribution in [1.29, 1.82) is 0 Å². The van der Waals surface area contributed by atoms with Crippen LogP contribution in [0.5, 0.6) is 0 Å². The van der Waals surface area contributed by atoms with Crippen LogP contribution < -0.4 is 0 Å². The molecule has 0 saturated carbocycles. The van der Waals surface area contributed by atoms with Gasteiger partial charge in [-0.1, -0.05) is 18.2 Å². The Labute approximate surface area is 113 Å². The maximum absolute atomic E-state index is 11.1. The summed E-state index contributed by atoms with van der Waals surface area (Å²) in [6.45, 7) is 3.77. The van der Waals surface area contributed by atoms with Crippen molar-refractivity contribution in [2.75, 3.05) is 14.2 Å². The summed E-state index contributed by atoms with van der Waals surface area (Å²) in [5.74, 6) is 0. The summed E-state index contributed by atoms with van der Waals surface area (Å²) in [6, 6.07) is 5.46. The van der Waals surface area contributed by atoms with Gasteiger partial charge < -0.3 is 19.3 Å². The van der Waals surface area contributed by atoms with E-state index < -0.39 is 7.60 Å². The first-order chi connectivity index (χ1) is 8.76. The molecule has 0 fully saturated rings. The summed E-state index contributed by atoms with van der Waals surface area (Å²) in [6.07, 6.45) is -0.556. The van der Waals surface area contributed by atoms with E-state index in [4.69, 9.17) is 19.3 Å². The van der Waals surface area contributed by atoms with E-state index in [1.54, 1.807) is 26.4 Å². The van der Waals surface area contributed by atoms with Crippen LogP contribution in [0.3, 0.4) is 0 Å². The van der Waals surface area contributed by atoms with Crippen molar-refractivity contribution in [3.05, 3.63) is 34.9 Å². The van der Waals surface area contributed by atoms with Crippen molar-refractivity contribution in [3.8, 4) is 0 Å². The number of benzene rings is 1. The molecule has 2 unspecified atom stereocenters. The smallest absolute Gasteiger partial charge is 0.329 e. The topological polar surface area (TPSA) is 76.0 Å². The van der Waals surface area contributed by atoms with Crippen LogP contribution in [0.15, 0.2) is 18.2 Å². The molecule has 108 valence electrons. The third-order valence-corrected chi connectivity index (χ3v) is 3.85. The highest BCUT2D eigenvalue weighted by Crippen LogP contribution is 2.40. The number of ether oxygens (including phenoxy) is 2. The highest BCUT2D eigenvalue weighted by Gasteiger charge is 2.17. The highest BCUT2D eigenvalue weighted by molar-refractivity contribution is 7.50. The zero-order chi connectivity index (χ0) is 14.6. The van der Waals surface area contributed by atoms with E-state index in [1.165, 1.54) is 0 Å². The third kappa shape index (κ3) is 5.05. The van der Waals surface area contributed by atoms with Crippen molar-refractivity contribution >= 4 is 7.60 Å². The van der Waals surface area contributed by atoms with Gasteiger partial charge in [0.25, 0.3) is 0 Å². The van der Waals surface area contributed by atoms with Gasteiger partial charge in [0.15, 0.2) is 0 Å². The van der Waals surface area contributed by atoms with E-state index >= 15 is 0 Å². The second kappa shape index (κ2) is 6.64. The molecule has 0 spiro atoms. The molecule has 19 heavy (non-hydrogen) atoms. The van der Waals surface area contributed by atoms with E-state index in [1.807, 2.05) is 19.9 Å². The molecule has 1 rings (SSSR count). The molecule has 1 aromatic rings. The minimum Gasteiger partial charge on any atom is -0.377 e. The summed E-state index contributed by atoms with van der Waals surface area (Å²) in [7, 11) is -0.892. The molecule has 0 aliphatic rings. The average Bonchev–Trinajstić information content (AvgIpc) is 2.34. The molecule has 0 aromatic heterocycles. The number of rotatable bonds is 6. The summed E-state index contributed by atoms with van der Waals surface area (Å²) >= 11 is 0. The Kier molecular flexibility index (Phi) is 5.71. The average molecular weight is 288 g/mol. The van der Waals surface area contributed by atoms with Crippen molar-refractivity contribution in [2.24, 2.45) is 0 Å². The van der Waals surface area contributed by atoms with Gasteiger partial charge in [-0.3, -0.25) is 4.57 Å². The maximum atomic E-state index is 11.1. The molecule has 0 bridgehead atoms. The van der Waals surface area contributed by atoms with Crippen molar-refractivity contribution < 1.29 is 23.8 Å². The lowest BCUT2D eigenvalue weighted by molar-refractivity contribution is 0.114. The fourth-order valence-corrected chi connectivity index (χ4v) is 2.47. The van der Waals surface area contributed by atoms with Gasteiger partial charge in [-0.05, 0) is 30.5 Å². The lowest BCUT2D eigenvalue weighted by atomic mass is 10.0. The Bertz CT molecular complexity index is 440. The SMILES string of the molecule is COC(C)c1cc(CP(=O)(O)O)cc(C(C)OC)c1. The Balaban J connectivity index is 3.20. The molecule has 0 saturated heterocycles. The lowest BCUT2D eigenvalue weighted by Crippen LogP contribution is -2.03. The van der Waals surface area contributed by atoms with Crippen molar-refractivity contribution in [2.45, 2.75) is 32.2 Å². The third-order valence-electron chi connectivity index (χ3n) is 3.07. The molecule has 0 radical (unpaired) electrons. The Morgan fingerprint density at radius 3 is 1.79 bits per heavy atom. The van der Waals surface area contributed by atoms with Gasteiger partial charge in [0.1, 0.15) is 0 Å². The van der Waals surface area contributed by atoms with Crippen LogP contribution in [0.2, 0.25) is 0 Å². The summed E-state index contributed by atoms with van der Waals surface area (Å²) in [5, 5.41) is 0. The number of hydrogen-bond acceptors (Lipinski definition) is 3. The summed E-state index contributed by atoms with van der Waals surface area (Å²) in [4.78, 5) is 18.2. The molecule has 0 aliphatic carbocycles. The van der Waals surface area contributed by atoms with Crippen molar-refractivity contribution in [3.63, 3.8) is 0 Å². The number of hydrogen-bond donors (Lipinski definition) is 2. The standard InChI is InChI=1S/C13H21O5P/c1-9(17-3)12-5-11(8-19(14,15)16)6-13(7-12)10(2)18-4/h5-7,9-10H,8H2,1-4H3,(H2,14,15,16). The quantitative estimate of drug-likeness (QED) is 0.787. The molecular formula is C13H21O5P. The fourth-order valence-electron chi connectivity index (χ4n) is 1.82. The van der Waals surface area contributed by atoms with Crippen LogP contribution in [-0.2, 0) is 20.2 Å². The molecular weight excluding hydrogens is 267 g/mol. The second-order valence-corrected chi connectivity index (χ2v) is 6.23. The molecule has 0 heterocycles. The first kappa shape index (κ1) is 16.3. The van der Waals surface area contributed by atoms with E-state index in [-0.39, 0.29) is 18.4 Å². The van der Waals surface area contributed by atoms with E-state index in [2.05, 4.69) is 0 Å². The molecule has 5 nitrogen and oxygen atoms in total. The van der Waals surface area contributed by atoms with E-state index in [9.17, 15) is 4.57 Å². The minimum absolute atomic E-state index is 0.139. The Hall–Kier alpha value is -0.710. The van der Waals surface area contributed by atoms with Crippen LogP contribution in [0.4, 0.5) is 0 Å². The highest BCUT2D eigenvalue weighted by atomic mass is 31.2. The predicted molar refractivity (Wildman–Crippen MR) is 73.0 cm³/mol. The monoisotopic (exact) mass is 288 g/mol. The summed E-state index contributed by atoms with van der Waals surface area (Å²) < 4.78 is 21.6. The molecule has 6 heteroatoms. The Morgan fingerprint density at radius 2 is 1.47 bits per heavy atom. The van der Waals surface area contributed by atoms with Gasteiger partial charge in [-0.2, -0.15) is 0 Å². The van der Waals surface area contributed by atoms with Gasteiger partial charge in [0, 0.05) is 14.2 Å². The maximum Gasteiger partial charge on any atom is 0.329 e. The molecule has 1 aromatic carbocycles. The van der Waals surface area contributed by atoms with Gasteiger partial charge in [-0.25, -0.2) is 0 Å². The van der Waals surface area contributed by atoms with Gasteiger partial charge in [0.05, 0.1) is 18.4 Å². The zero-order valence-corrected chi connectivity index (χ0v) is 12.6. The van der Waals surface area contributed by atoms with Gasteiger partial charge in [-0.15, -0.1) is 0 Å². The molecule has 0 aliphatic heterocycles. The van der Waals surface area contributed by atoms with Crippen LogP contribution >= 0.6 is 7.60 Å². The van der Waals surface area contributed by atoms with Gasteiger partial charge >= 0.3 is 7.60 Å². The van der Waals surface area contributed by atoms with Crippen LogP contribution in [-0.4, -0.2) is 24.0 Å². The van der Waals surface area contributed by atoms with Crippen LogP contribution in [0, 0.1) is 0 Å². The molecule has 0 amide bonds. The molecule has 2 atom stereocenters. The summed E-state index contributed by atoms with van der Waals surface area (Å²) in [5.41, 5.74) is 2.35. The second-order valence-electron chi connectivity index (χ2n) is 4.59. The van der Waals surface area contributed by atoms with Crippen molar-refractivity contribution in [1.82, 2.24) is 0 Å². The minimum atomic E-state index is -4.09.